The highest BCUT2D eigenvalue weighted by Crippen LogP contribution is 2.19. The first-order valence-electron chi connectivity index (χ1n) is 8.61. The van der Waals surface area contributed by atoms with Crippen LogP contribution in [0.1, 0.15) is 17.2 Å². The van der Waals surface area contributed by atoms with Gasteiger partial charge in [-0.05, 0) is 18.7 Å². The van der Waals surface area contributed by atoms with Gasteiger partial charge < -0.3 is 20.9 Å². The Morgan fingerprint density at radius 2 is 1.88 bits per heavy atom. The van der Waals surface area contributed by atoms with Gasteiger partial charge >= 0.3 is 0 Å². The molecular weight excluding hydrogens is 314 g/mol. The predicted octanol–water partition coefficient (Wildman–Crippen LogP) is 1.15. The number of aromatic nitrogens is 1. The summed E-state index contributed by atoms with van der Waals surface area (Å²) in [7, 11) is 2.13. The molecule has 6 nitrogen and oxygen atoms in total. The SMILES string of the molecule is CN1CCN(c2ncccc2CNC(=O)C(N)c2ccccc2)CC1. The minimum Gasteiger partial charge on any atom is -0.354 e. The number of benzene rings is 1. The second kappa shape index (κ2) is 8.09. The summed E-state index contributed by atoms with van der Waals surface area (Å²) in [6.07, 6.45) is 1.80. The van der Waals surface area contributed by atoms with Gasteiger partial charge in [0, 0.05) is 44.5 Å². The number of nitrogens with zero attached hydrogens (tertiary/aromatic N) is 3. The van der Waals surface area contributed by atoms with Crippen LogP contribution >= 0.6 is 0 Å². The lowest BCUT2D eigenvalue weighted by molar-refractivity contribution is -0.122. The summed E-state index contributed by atoms with van der Waals surface area (Å²) in [5.41, 5.74) is 7.88. The number of carbonyl (C=O) groups is 1. The Bertz CT molecular complexity index is 698. The molecule has 132 valence electrons. The molecule has 3 rings (SSSR count). The number of rotatable bonds is 5. The first-order chi connectivity index (χ1) is 12.1. The molecule has 1 amide bonds. The largest absolute Gasteiger partial charge is 0.354 e. The van der Waals surface area contributed by atoms with Crippen LogP contribution in [-0.2, 0) is 11.3 Å². The maximum atomic E-state index is 12.4. The van der Waals surface area contributed by atoms with Crippen molar-refractivity contribution in [1.29, 1.82) is 0 Å². The predicted molar refractivity (Wildman–Crippen MR) is 99.2 cm³/mol. The van der Waals surface area contributed by atoms with Crippen LogP contribution in [-0.4, -0.2) is 49.0 Å². The summed E-state index contributed by atoms with van der Waals surface area (Å²) < 4.78 is 0. The molecule has 25 heavy (non-hydrogen) atoms. The van der Waals surface area contributed by atoms with E-state index in [1.165, 1.54) is 0 Å². The van der Waals surface area contributed by atoms with Crippen molar-refractivity contribution in [3.05, 3.63) is 59.8 Å². The molecule has 1 aromatic carbocycles. The third-order valence-corrected chi connectivity index (χ3v) is 4.56. The molecule has 1 aromatic heterocycles. The number of likely N-dealkylation sites (N-methyl/N-ethyl adjacent to an activating group) is 1. The van der Waals surface area contributed by atoms with Gasteiger partial charge in [-0.3, -0.25) is 4.79 Å². The van der Waals surface area contributed by atoms with Gasteiger partial charge in [-0.25, -0.2) is 4.98 Å². The fourth-order valence-electron chi connectivity index (χ4n) is 2.98. The summed E-state index contributed by atoms with van der Waals surface area (Å²) in [5, 5.41) is 2.94. The standard InChI is InChI=1S/C19H25N5O/c1-23-10-12-24(13-11-23)18-16(8-5-9-21-18)14-22-19(25)17(20)15-6-3-2-4-7-15/h2-9,17H,10-14,20H2,1H3,(H,22,25). The van der Waals surface area contributed by atoms with Crippen molar-refractivity contribution in [2.75, 3.05) is 38.1 Å². The lowest BCUT2D eigenvalue weighted by atomic mass is 10.1. The van der Waals surface area contributed by atoms with Gasteiger partial charge in [-0.2, -0.15) is 0 Å². The van der Waals surface area contributed by atoms with Gasteiger partial charge in [-0.15, -0.1) is 0 Å². The smallest absolute Gasteiger partial charge is 0.241 e. The lowest BCUT2D eigenvalue weighted by Crippen LogP contribution is -2.45. The first kappa shape index (κ1) is 17.4. The van der Waals surface area contributed by atoms with Crippen LogP contribution in [0.4, 0.5) is 5.82 Å². The summed E-state index contributed by atoms with van der Waals surface area (Å²) in [4.78, 5) is 21.5. The molecule has 1 unspecified atom stereocenters. The monoisotopic (exact) mass is 339 g/mol. The Morgan fingerprint density at radius 3 is 2.60 bits per heavy atom. The molecule has 1 atom stereocenters. The third kappa shape index (κ3) is 4.35. The molecule has 0 spiro atoms. The van der Waals surface area contributed by atoms with E-state index in [9.17, 15) is 4.79 Å². The van der Waals surface area contributed by atoms with Gasteiger partial charge in [0.1, 0.15) is 11.9 Å². The van der Waals surface area contributed by atoms with Crippen molar-refractivity contribution in [3.63, 3.8) is 0 Å². The normalized spacial score (nSPS) is 16.5. The molecule has 2 heterocycles. The fourth-order valence-corrected chi connectivity index (χ4v) is 2.98. The molecule has 0 radical (unpaired) electrons. The Kier molecular flexibility index (Phi) is 5.63. The molecule has 2 aromatic rings. The third-order valence-electron chi connectivity index (χ3n) is 4.56. The van der Waals surface area contributed by atoms with E-state index in [0.717, 1.165) is 43.1 Å². The van der Waals surface area contributed by atoms with E-state index in [4.69, 9.17) is 5.73 Å². The van der Waals surface area contributed by atoms with E-state index in [0.29, 0.717) is 6.54 Å². The Hall–Kier alpha value is -2.44. The van der Waals surface area contributed by atoms with Crippen LogP contribution in [0.15, 0.2) is 48.7 Å². The van der Waals surface area contributed by atoms with E-state index < -0.39 is 6.04 Å². The van der Waals surface area contributed by atoms with E-state index in [1.807, 2.05) is 42.5 Å². The number of nitrogens with one attached hydrogen (secondary N) is 1. The van der Waals surface area contributed by atoms with Crippen molar-refractivity contribution in [1.82, 2.24) is 15.2 Å². The number of pyridine rings is 1. The highest BCUT2D eigenvalue weighted by atomic mass is 16.2. The van der Waals surface area contributed by atoms with Gasteiger partial charge in [0.25, 0.3) is 0 Å². The van der Waals surface area contributed by atoms with Gasteiger partial charge in [0.15, 0.2) is 0 Å². The number of amides is 1. The molecule has 0 saturated carbocycles. The molecule has 6 heteroatoms. The fraction of sp³-hybridized carbons (Fsp3) is 0.368. The zero-order chi connectivity index (χ0) is 17.6. The zero-order valence-electron chi connectivity index (χ0n) is 14.6. The average Bonchev–Trinajstić information content (AvgIpc) is 2.67. The van der Waals surface area contributed by atoms with Crippen LogP contribution in [0.2, 0.25) is 0 Å². The van der Waals surface area contributed by atoms with Crippen molar-refractivity contribution in [2.45, 2.75) is 12.6 Å². The van der Waals surface area contributed by atoms with Crippen LogP contribution in [0.5, 0.6) is 0 Å². The van der Waals surface area contributed by atoms with E-state index in [-0.39, 0.29) is 5.91 Å². The van der Waals surface area contributed by atoms with Crippen molar-refractivity contribution < 1.29 is 4.79 Å². The molecule has 0 aliphatic carbocycles. The summed E-state index contributed by atoms with van der Waals surface area (Å²) in [6.45, 7) is 4.34. The second-order valence-corrected chi connectivity index (χ2v) is 6.38. The van der Waals surface area contributed by atoms with Crippen molar-refractivity contribution in [3.8, 4) is 0 Å². The number of hydrogen-bond donors (Lipinski definition) is 2. The highest BCUT2D eigenvalue weighted by Gasteiger charge is 2.19. The van der Waals surface area contributed by atoms with Gasteiger partial charge in [0.05, 0.1) is 0 Å². The van der Waals surface area contributed by atoms with E-state index >= 15 is 0 Å². The number of piperazine rings is 1. The molecule has 3 N–H and O–H groups in total. The van der Waals surface area contributed by atoms with Crippen molar-refractivity contribution in [2.24, 2.45) is 5.73 Å². The number of hydrogen-bond acceptors (Lipinski definition) is 5. The number of carbonyl (C=O) groups excluding carboxylic acids is 1. The van der Waals surface area contributed by atoms with Crippen LogP contribution in [0.25, 0.3) is 0 Å². The lowest BCUT2D eigenvalue weighted by Gasteiger charge is -2.34. The highest BCUT2D eigenvalue weighted by molar-refractivity contribution is 5.83. The maximum Gasteiger partial charge on any atom is 0.241 e. The maximum absolute atomic E-state index is 12.4. The number of nitrogens with two attached hydrogens (primary N) is 1. The topological polar surface area (TPSA) is 74.5 Å². The molecule has 1 aliphatic heterocycles. The summed E-state index contributed by atoms with van der Waals surface area (Å²) >= 11 is 0. The Balaban J connectivity index is 1.64. The van der Waals surface area contributed by atoms with Gasteiger partial charge in [0.2, 0.25) is 5.91 Å². The molecule has 1 saturated heterocycles. The minimum atomic E-state index is -0.662. The van der Waals surface area contributed by atoms with Crippen molar-refractivity contribution >= 4 is 11.7 Å². The quantitative estimate of drug-likeness (QED) is 0.855. The van der Waals surface area contributed by atoms with Crippen LogP contribution in [0, 0.1) is 0 Å². The van der Waals surface area contributed by atoms with Crippen LogP contribution < -0.4 is 16.0 Å². The zero-order valence-corrected chi connectivity index (χ0v) is 14.6. The number of anilines is 1. The van der Waals surface area contributed by atoms with Crippen LogP contribution in [0.3, 0.4) is 0 Å². The molecule has 1 aliphatic rings. The second-order valence-electron chi connectivity index (χ2n) is 6.38. The average molecular weight is 339 g/mol. The minimum absolute atomic E-state index is 0.181. The van der Waals surface area contributed by atoms with E-state index in [2.05, 4.69) is 27.1 Å². The first-order valence-corrected chi connectivity index (χ1v) is 8.61. The van der Waals surface area contributed by atoms with E-state index in [1.54, 1.807) is 6.20 Å². The molecular formula is C19H25N5O. The van der Waals surface area contributed by atoms with Gasteiger partial charge in [-0.1, -0.05) is 36.4 Å². The summed E-state index contributed by atoms with van der Waals surface area (Å²) in [5.74, 6) is 0.767. The molecule has 1 fully saturated rings. The Labute approximate surface area is 148 Å². The molecule has 0 bridgehead atoms. The Morgan fingerprint density at radius 1 is 1.16 bits per heavy atom. The summed E-state index contributed by atoms with van der Waals surface area (Å²) in [6, 6.07) is 12.7.